The van der Waals surface area contributed by atoms with Crippen molar-refractivity contribution in [3.8, 4) is 0 Å². The molecule has 0 aliphatic carbocycles. The number of piperidine rings is 1. The molecule has 1 fully saturated rings. The van der Waals surface area contributed by atoms with Gasteiger partial charge in [0.15, 0.2) is 0 Å². The van der Waals surface area contributed by atoms with Crippen LogP contribution in [0.4, 0.5) is 0 Å². The molecule has 0 spiro atoms. The Balaban J connectivity index is 2.21. The van der Waals surface area contributed by atoms with Gasteiger partial charge in [-0.05, 0) is 12.8 Å². The maximum absolute atomic E-state index is 10.4. The summed E-state index contributed by atoms with van der Waals surface area (Å²) < 4.78 is 0. The van der Waals surface area contributed by atoms with Crippen molar-refractivity contribution >= 4 is 6.41 Å². The summed E-state index contributed by atoms with van der Waals surface area (Å²) in [4.78, 5) is 12.2. The topological polar surface area (TPSA) is 32.3 Å². The first-order valence-electron chi connectivity index (χ1n) is 4.67. The Kier molecular flexibility index (Phi) is 3.53. The van der Waals surface area contributed by atoms with Crippen LogP contribution in [0.1, 0.15) is 26.7 Å². The van der Waals surface area contributed by atoms with Crippen molar-refractivity contribution in [2.45, 2.75) is 38.8 Å². The van der Waals surface area contributed by atoms with Gasteiger partial charge in [0.2, 0.25) is 6.41 Å². The first-order chi connectivity index (χ1) is 5.72. The molecule has 3 nitrogen and oxygen atoms in total. The summed E-state index contributed by atoms with van der Waals surface area (Å²) in [7, 11) is 0. The van der Waals surface area contributed by atoms with Crippen LogP contribution in [0.2, 0.25) is 0 Å². The van der Waals surface area contributed by atoms with Crippen molar-refractivity contribution in [2.24, 2.45) is 0 Å². The van der Waals surface area contributed by atoms with Gasteiger partial charge in [-0.25, -0.2) is 0 Å². The molecule has 0 unspecified atom stereocenters. The minimum absolute atomic E-state index is 0.554. The zero-order valence-corrected chi connectivity index (χ0v) is 7.92. The zero-order chi connectivity index (χ0) is 8.97. The third-order valence-corrected chi connectivity index (χ3v) is 2.25. The van der Waals surface area contributed by atoms with E-state index < -0.39 is 0 Å². The van der Waals surface area contributed by atoms with Crippen LogP contribution in [0.5, 0.6) is 0 Å². The van der Waals surface area contributed by atoms with Gasteiger partial charge in [0, 0.05) is 25.2 Å². The molecular formula is C9H18N2O. The molecule has 0 bridgehead atoms. The van der Waals surface area contributed by atoms with Crippen molar-refractivity contribution in [3.05, 3.63) is 0 Å². The summed E-state index contributed by atoms with van der Waals surface area (Å²) in [6, 6.07) is 1.17. The monoisotopic (exact) mass is 170 g/mol. The van der Waals surface area contributed by atoms with Gasteiger partial charge in [0.05, 0.1) is 0 Å². The highest BCUT2D eigenvalue weighted by Crippen LogP contribution is 2.08. The van der Waals surface area contributed by atoms with E-state index in [-0.39, 0.29) is 0 Å². The average molecular weight is 170 g/mol. The van der Waals surface area contributed by atoms with E-state index in [1.807, 2.05) is 4.90 Å². The normalized spacial score (nSPS) is 20.1. The molecule has 1 saturated heterocycles. The molecule has 0 aromatic carbocycles. The summed E-state index contributed by atoms with van der Waals surface area (Å²) in [5.74, 6) is 0. The fourth-order valence-corrected chi connectivity index (χ4v) is 1.64. The van der Waals surface area contributed by atoms with Gasteiger partial charge >= 0.3 is 0 Å². The molecule has 1 N–H and O–H groups in total. The van der Waals surface area contributed by atoms with E-state index >= 15 is 0 Å². The number of carbonyl (C=O) groups is 1. The van der Waals surface area contributed by atoms with Gasteiger partial charge in [-0.15, -0.1) is 0 Å². The molecule has 0 aromatic rings. The Morgan fingerprint density at radius 3 is 2.42 bits per heavy atom. The molecule has 0 aromatic heterocycles. The lowest BCUT2D eigenvalue weighted by Crippen LogP contribution is -2.44. The highest BCUT2D eigenvalue weighted by atomic mass is 16.1. The van der Waals surface area contributed by atoms with Crippen LogP contribution >= 0.6 is 0 Å². The standard InChI is InChI=1S/C9H18N2O/c1-8(2)10-9-3-5-11(7-12)6-4-9/h7-10H,3-6H2,1-2H3. The Morgan fingerprint density at radius 1 is 1.42 bits per heavy atom. The number of likely N-dealkylation sites (tertiary alicyclic amines) is 1. The highest BCUT2D eigenvalue weighted by molar-refractivity contribution is 5.47. The predicted molar refractivity (Wildman–Crippen MR) is 48.9 cm³/mol. The lowest BCUT2D eigenvalue weighted by atomic mass is 10.0. The van der Waals surface area contributed by atoms with E-state index in [0.717, 1.165) is 32.3 Å². The van der Waals surface area contributed by atoms with Crippen LogP contribution in [0.25, 0.3) is 0 Å². The van der Waals surface area contributed by atoms with E-state index in [1.54, 1.807) is 0 Å². The Hall–Kier alpha value is -0.570. The molecule has 12 heavy (non-hydrogen) atoms. The lowest BCUT2D eigenvalue weighted by Gasteiger charge is -2.30. The largest absolute Gasteiger partial charge is 0.345 e. The summed E-state index contributed by atoms with van der Waals surface area (Å²) in [5, 5.41) is 3.48. The van der Waals surface area contributed by atoms with Crippen LogP contribution in [0, 0.1) is 0 Å². The van der Waals surface area contributed by atoms with E-state index in [9.17, 15) is 4.79 Å². The van der Waals surface area contributed by atoms with Crippen molar-refractivity contribution < 1.29 is 4.79 Å². The lowest BCUT2D eigenvalue weighted by molar-refractivity contribution is -0.119. The summed E-state index contributed by atoms with van der Waals surface area (Å²) >= 11 is 0. The number of nitrogens with zero attached hydrogens (tertiary/aromatic N) is 1. The highest BCUT2D eigenvalue weighted by Gasteiger charge is 2.17. The number of amides is 1. The maximum atomic E-state index is 10.4. The molecule has 0 radical (unpaired) electrons. The molecule has 1 amide bonds. The molecule has 1 heterocycles. The van der Waals surface area contributed by atoms with Crippen molar-refractivity contribution in [3.63, 3.8) is 0 Å². The second-order valence-corrected chi connectivity index (χ2v) is 3.74. The molecule has 1 aliphatic heterocycles. The molecule has 1 aliphatic rings. The van der Waals surface area contributed by atoms with Gasteiger partial charge in [-0.3, -0.25) is 4.79 Å². The molecule has 70 valence electrons. The first kappa shape index (κ1) is 9.52. The van der Waals surface area contributed by atoms with Crippen LogP contribution < -0.4 is 5.32 Å². The minimum Gasteiger partial charge on any atom is -0.345 e. The summed E-state index contributed by atoms with van der Waals surface area (Å²) in [6.07, 6.45) is 3.14. The number of carbonyl (C=O) groups excluding carboxylic acids is 1. The van der Waals surface area contributed by atoms with Crippen molar-refractivity contribution in [1.29, 1.82) is 0 Å². The van der Waals surface area contributed by atoms with E-state index in [1.165, 1.54) is 0 Å². The number of hydrogen-bond acceptors (Lipinski definition) is 2. The second-order valence-electron chi connectivity index (χ2n) is 3.74. The number of rotatable bonds is 3. The van der Waals surface area contributed by atoms with E-state index in [0.29, 0.717) is 12.1 Å². The number of nitrogens with one attached hydrogen (secondary N) is 1. The van der Waals surface area contributed by atoms with Crippen LogP contribution in [0.15, 0.2) is 0 Å². The average Bonchev–Trinajstić information content (AvgIpc) is 2.05. The van der Waals surface area contributed by atoms with Crippen molar-refractivity contribution in [2.75, 3.05) is 13.1 Å². The van der Waals surface area contributed by atoms with Gasteiger partial charge in [-0.1, -0.05) is 13.8 Å². The Bertz CT molecular complexity index is 139. The molecule has 1 rings (SSSR count). The predicted octanol–water partition coefficient (Wildman–Crippen LogP) is 0.605. The molecule has 0 atom stereocenters. The van der Waals surface area contributed by atoms with Crippen LogP contribution in [-0.2, 0) is 4.79 Å². The van der Waals surface area contributed by atoms with Gasteiger partial charge < -0.3 is 10.2 Å². The third-order valence-electron chi connectivity index (χ3n) is 2.25. The molecular weight excluding hydrogens is 152 g/mol. The Morgan fingerprint density at radius 2 is 2.00 bits per heavy atom. The zero-order valence-electron chi connectivity index (χ0n) is 7.92. The van der Waals surface area contributed by atoms with Gasteiger partial charge in [0.25, 0.3) is 0 Å². The van der Waals surface area contributed by atoms with Crippen molar-refractivity contribution in [1.82, 2.24) is 10.2 Å². The fraction of sp³-hybridized carbons (Fsp3) is 0.889. The molecule has 3 heteroatoms. The van der Waals surface area contributed by atoms with Crippen LogP contribution in [0.3, 0.4) is 0 Å². The minimum atomic E-state index is 0.554. The van der Waals surface area contributed by atoms with E-state index in [2.05, 4.69) is 19.2 Å². The van der Waals surface area contributed by atoms with Gasteiger partial charge in [0.1, 0.15) is 0 Å². The summed E-state index contributed by atoms with van der Waals surface area (Å²) in [5.41, 5.74) is 0. The maximum Gasteiger partial charge on any atom is 0.209 e. The smallest absolute Gasteiger partial charge is 0.209 e. The Labute approximate surface area is 74.1 Å². The van der Waals surface area contributed by atoms with Crippen LogP contribution in [-0.4, -0.2) is 36.5 Å². The SMILES string of the molecule is CC(C)NC1CCN(C=O)CC1. The quantitative estimate of drug-likeness (QED) is 0.629. The first-order valence-corrected chi connectivity index (χ1v) is 4.67. The molecule has 0 saturated carbocycles. The second kappa shape index (κ2) is 4.45. The third kappa shape index (κ3) is 2.81. The summed E-state index contributed by atoms with van der Waals surface area (Å²) in [6.45, 7) is 6.14. The number of hydrogen-bond donors (Lipinski definition) is 1. The van der Waals surface area contributed by atoms with E-state index in [4.69, 9.17) is 0 Å². The fourth-order valence-electron chi connectivity index (χ4n) is 1.64. The van der Waals surface area contributed by atoms with Gasteiger partial charge in [-0.2, -0.15) is 0 Å².